The minimum Gasteiger partial charge on any atom is -0.328 e. The number of pyridine rings is 1. The first-order chi connectivity index (χ1) is 6.66. The monoisotopic (exact) mass is 193 g/mol. The van der Waals surface area contributed by atoms with E-state index in [-0.39, 0.29) is 11.9 Å². The summed E-state index contributed by atoms with van der Waals surface area (Å²) in [5.41, 5.74) is 7.37. The molecule has 0 radical (unpaired) electrons. The van der Waals surface area contributed by atoms with E-state index in [0.717, 1.165) is 11.3 Å². The predicted molar refractivity (Wildman–Crippen MR) is 52.5 cm³/mol. The van der Waals surface area contributed by atoms with Gasteiger partial charge in [-0.15, -0.1) is 0 Å². The quantitative estimate of drug-likeness (QED) is 0.782. The Labute approximate surface area is 81.4 Å². The highest BCUT2D eigenvalue weighted by atomic mass is 19.1. The van der Waals surface area contributed by atoms with Crippen LogP contribution in [-0.4, -0.2) is 15.4 Å². The maximum atomic E-state index is 13.0. The van der Waals surface area contributed by atoms with Gasteiger partial charge in [-0.25, -0.2) is 9.37 Å². The van der Waals surface area contributed by atoms with E-state index in [9.17, 15) is 4.39 Å². The second-order valence-electron chi connectivity index (χ2n) is 3.51. The van der Waals surface area contributed by atoms with Crippen LogP contribution in [-0.2, 0) is 6.42 Å². The van der Waals surface area contributed by atoms with E-state index >= 15 is 0 Å². The lowest BCUT2D eigenvalue weighted by Crippen LogP contribution is -2.18. The summed E-state index contributed by atoms with van der Waals surface area (Å²) in [5.74, 6) is -0.263. The number of hydrogen-bond acceptors (Lipinski definition) is 2. The Bertz CT molecular complexity index is 448. The zero-order chi connectivity index (χ0) is 10.1. The van der Waals surface area contributed by atoms with Crippen LogP contribution >= 0.6 is 0 Å². The van der Waals surface area contributed by atoms with Crippen molar-refractivity contribution in [3.8, 4) is 0 Å². The van der Waals surface area contributed by atoms with Crippen molar-refractivity contribution in [2.75, 3.05) is 0 Å². The van der Waals surface area contributed by atoms with Crippen LogP contribution < -0.4 is 5.73 Å². The topological polar surface area (TPSA) is 43.3 Å². The van der Waals surface area contributed by atoms with Crippen molar-refractivity contribution in [2.24, 2.45) is 5.73 Å². The van der Waals surface area contributed by atoms with Gasteiger partial charge in [-0.1, -0.05) is 0 Å². The van der Waals surface area contributed by atoms with Crippen molar-refractivity contribution in [1.82, 2.24) is 9.38 Å². The number of rotatable bonds is 2. The predicted octanol–water partition coefficient (Wildman–Crippen LogP) is 1.36. The molecule has 3 nitrogen and oxygen atoms in total. The highest BCUT2D eigenvalue weighted by Gasteiger charge is 2.05. The van der Waals surface area contributed by atoms with Gasteiger partial charge in [0, 0.05) is 30.6 Å². The number of halogens is 1. The van der Waals surface area contributed by atoms with E-state index in [0.29, 0.717) is 6.42 Å². The average molecular weight is 193 g/mol. The van der Waals surface area contributed by atoms with Gasteiger partial charge in [0.2, 0.25) is 0 Å². The number of aromatic nitrogens is 2. The number of hydrogen-bond donors (Lipinski definition) is 1. The minimum absolute atomic E-state index is 0.0539. The van der Waals surface area contributed by atoms with Crippen molar-refractivity contribution in [3.05, 3.63) is 36.0 Å². The molecular weight excluding hydrogens is 181 g/mol. The lowest BCUT2D eigenvalue weighted by atomic mass is 10.2. The molecule has 1 unspecified atom stereocenters. The number of nitrogens with two attached hydrogens (primary N) is 1. The van der Waals surface area contributed by atoms with Crippen LogP contribution in [0.15, 0.2) is 24.5 Å². The molecule has 0 saturated heterocycles. The fraction of sp³-hybridized carbons (Fsp3) is 0.300. The van der Waals surface area contributed by atoms with Crippen molar-refractivity contribution in [1.29, 1.82) is 0 Å². The van der Waals surface area contributed by atoms with Crippen molar-refractivity contribution >= 4 is 5.65 Å². The van der Waals surface area contributed by atoms with Gasteiger partial charge in [0.15, 0.2) is 0 Å². The molecule has 2 N–H and O–H groups in total. The van der Waals surface area contributed by atoms with Crippen molar-refractivity contribution < 1.29 is 4.39 Å². The maximum Gasteiger partial charge on any atom is 0.139 e. The first-order valence-electron chi connectivity index (χ1n) is 4.54. The van der Waals surface area contributed by atoms with Crippen molar-refractivity contribution in [2.45, 2.75) is 19.4 Å². The van der Waals surface area contributed by atoms with E-state index < -0.39 is 0 Å². The normalized spacial score (nSPS) is 13.4. The average Bonchev–Trinajstić information content (AvgIpc) is 2.47. The molecule has 0 aliphatic rings. The Hall–Kier alpha value is -1.42. The molecule has 0 aromatic carbocycles. The first kappa shape index (κ1) is 9.15. The second-order valence-corrected chi connectivity index (χ2v) is 3.51. The van der Waals surface area contributed by atoms with Crippen LogP contribution in [0.1, 0.15) is 12.6 Å². The SMILES string of the molecule is CC(N)Cc1cnc2ccc(F)cn12. The first-order valence-corrected chi connectivity index (χ1v) is 4.54. The van der Waals surface area contributed by atoms with Crippen LogP contribution in [0.25, 0.3) is 5.65 Å². The van der Waals surface area contributed by atoms with Crippen molar-refractivity contribution in [3.63, 3.8) is 0 Å². The van der Waals surface area contributed by atoms with E-state index in [1.54, 1.807) is 16.7 Å². The lowest BCUT2D eigenvalue weighted by molar-refractivity contribution is 0.615. The molecule has 2 rings (SSSR count). The molecule has 74 valence electrons. The maximum absolute atomic E-state index is 13.0. The summed E-state index contributed by atoms with van der Waals surface area (Å²) in [6.45, 7) is 1.92. The highest BCUT2D eigenvalue weighted by molar-refractivity contribution is 5.40. The molecule has 14 heavy (non-hydrogen) atoms. The molecule has 2 heterocycles. The number of imidazole rings is 1. The molecule has 0 bridgehead atoms. The Balaban J connectivity index is 2.50. The molecule has 0 aliphatic heterocycles. The third kappa shape index (κ3) is 1.61. The molecule has 4 heteroatoms. The fourth-order valence-corrected chi connectivity index (χ4v) is 1.49. The minimum atomic E-state index is -0.263. The summed E-state index contributed by atoms with van der Waals surface area (Å²) in [5, 5.41) is 0. The highest BCUT2D eigenvalue weighted by Crippen LogP contribution is 2.09. The zero-order valence-electron chi connectivity index (χ0n) is 7.94. The summed E-state index contributed by atoms with van der Waals surface area (Å²) in [7, 11) is 0. The molecule has 0 saturated carbocycles. The van der Waals surface area contributed by atoms with Gasteiger partial charge in [0.05, 0.1) is 0 Å². The Kier molecular flexibility index (Phi) is 2.21. The van der Waals surface area contributed by atoms with Gasteiger partial charge in [0.1, 0.15) is 11.5 Å². The van der Waals surface area contributed by atoms with Gasteiger partial charge in [-0.2, -0.15) is 0 Å². The summed E-state index contributed by atoms with van der Waals surface area (Å²) in [6, 6.07) is 3.11. The Morgan fingerprint density at radius 2 is 2.36 bits per heavy atom. The van der Waals surface area contributed by atoms with Gasteiger partial charge < -0.3 is 10.1 Å². The number of fused-ring (bicyclic) bond motifs is 1. The van der Waals surface area contributed by atoms with Crippen LogP contribution in [0.2, 0.25) is 0 Å². The summed E-state index contributed by atoms with van der Waals surface area (Å²) < 4.78 is 14.7. The Morgan fingerprint density at radius 1 is 1.57 bits per heavy atom. The molecular formula is C10H12FN3. The summed E-state index contributed by atoms with van der Waals surface area (Å²) >= 11 is 0. The van der Waals surface area contributed by atoms with Crippen LogP contribution in [0.5, 0.6) is 0 Å². The van der Waals surface area contributed by atoms with E-state index in [1.807, 2.05) is 6.92 Å². The molecule has 1 atom stereocenters. The van der Waals surface area contributed by atoms with Crippen LogP contribution in [0.4, 0.5) is 4.39 Å². The summed E-state index contributed by atoms with van der Waals surface area (Å²) in [6.07, 6.45) is 3.86. The molecule has 0 fully saturated rings. The smallest absolute Gasteiger partial charge is 0.139 e. The molecule has 0 spiro atoms. The van der Waals surface area contributed by atoms with Gasteiger partial charge in [0.25, 0.3) is 0 Å². The number of nitrogens with zero attached hydrogens (tertiary/aromatic N) is 2. The zero-order valence-corrected chi connectivity index (χ0v) is 7.94. The molecule has 2 aromatic heterocycles. The lowest BCUT2D eigenvalue weighted by Gasteiger charge is -2.04. The van der Waals surface area contributed by atoms with Crippen LogP contribution in [0.3, 0.4) is 0 Å². The molecule has 0 amide bonds. The second kappa shape index (κ2) is 3.38. The van der Waals surface area contributed by atoms with E-state index in [1.165, 1.54) is 12.3 Å². The standard InChI is InChI=1S/C10H12FN3/c1-7(12)4-9-5-13-10-3-2-8(11)6-14(9)10/h2-3,5-7H,4,12H2,1H3. The largest absolute Gasteiger partial charge is 0.328 e. The Morgan fingerprint density at radius 3 is 3.07 bits per heavy atom. The molecule has 0 aliphatic carbocycles. The third-order valence-electron chi connectivity index (χ3n) is 2.08. The molecule has 2 aromatic rings. The van der Waals surface area contributed by atoms with E-state index in [4.69, 9.17) is 5.73 Å². The van der Waals surface area contributed by atoms with Gasteiger partial charge >= 0.3 is 0 Å². The summed E-state index contributed by atoms with van der Waals surface area (Å²) in [4.78, 5) is 4.15. The third-order valence-corrected chi connectivity index (χ3v) is 2.08. The van der Waals surface area contributed by atoms with Crippen LogP contribution in [0, 0.1) is 5.82 Å². The fourth-order valence-electron chi connectivity index (χ4n) is 1.49. The van der Waals surface area contributed by atoms with E-state index in [2.05, 4.69) is 4.98 Å². The van der Waals surface area contributed by atoms with Gasteiger partial charge in [-0.05, 0) is 19.1 Å². The van der Waals surface area contributed by atoms with Gasteiger partial charge in [-0.3, -0.25) is 0 Å².